The molecule has 120 valence electrons. The fourth-order valence-electron chi connectivity index (χ4n) is 4.39. The van der Waals surface area contributed by atoms with E-state index < -0.39 is 0 Å². The molecule has 0 bridgehead atoms. The van der Waals surface area contributed by atoms with Crippen LogP contribution in [0.3, 0.4) is 0 Å². The first-order valence-electron chi connectivity index (χ1n) is 8.88. The molecule has 2 heterocycles. The average molecular weight is 311 g/mol. The Bertz CT molecular complexity index is 343. The molecule has 3 fully saturated rings. The summed E-state index contributed by atoms with van der Waals surface area (Å²) in [5.41, 5.74) is 0.343. The lowest BCUT2D eigenvalue weighted by molar-refractivity contribution is -0.123. The van der Waals surface area contributed by atoms with Crippen molar-refractivity contribution in [3.8, 4) is 0 Å². The van der Waals surface area contributed by atoms with E-state index in [9.17, 15) is 4.79 Å². The van der Waals surface area contributed by atoms with Crippen LogP contribution in [-0.2, 0) is 4.79 Å². The van der Waals surface area contributed by atoms with E-state index in [0.29, 0.717) is 23.4 Å². The van der Waals surface area contributed by atoms with Gasteiger partial charge in [-0.1, -0.05) is 19.3 Å². The van der Waals surface area contributed by atoms with Crippen LogP contribution in [0.25, 0.3) is 0 Å². The number of piperidine rings is 1. The molecule has 3 nitrogen and oxygen atoms in total. The van der Waals surface area contributed by atoms with Crippen LogP contribution in [0.15, 0.2) is 0 Å². The third kappa shape index (κ3) is 4.38. The summed E-state index contributed by atoms with van der Waals surface area (Å²) in [6.07, 6.45) is 12.2. The van der Waals surface area contributed by atoms with Crippen LogP contribution in [0.2, 0.25) is 0 Å². The molecule has 1 saturated carbocycles. The van der Waals surface area contributed by atoms with Crippen molar-refractivity contribution in [2.45, 2.75) is 75.8 Å². The molecule has 0 radical (unpaired) electrons. The summed E-state index contributed by atoms with van der Waals surface area (Å²) in [5.74, 6) is 3.43. The van der Waals surface area contributed by atoms with E-state index in [4.69, 9.17) is 0 Å². The third-order valence-corrected chi connectivity index (χ3v) is 6.67. The first kappa shape index (κ1) is 15.7. The van der Waals surface area contributed by atoms with Crippen LogP contribution in [0.4, 0.5) is 0 Å². The first-order chi connectivity index (χ1) is 10.3. The average Bonchev–Trinajstić information content (AvgIpc) is 2.49. The highest BCUT2D eigenvalue weighted by Crippen LogP contribution is 2.34. The van der Waals surface area contributed by atoms with Crippen molar-refractivity contribution in [2.24, 2.45) is 5.92 Å². The summed E-state index contributed by atoms with van der Waals surface area (Å²) in [5, 5.41) is 7.12. The molecule has 0 aromatic rings. The number of nitrogens with one attached hydrogen (secondary N) is 2. The maximum Gasteiger partial charge on any atom is 0.220 e. The van der Waals surface area contributed by atoms with Crippen LogP contribution >= 0.6 is 11.8 Å². The second-order valence-electron chi connectivity index (χ2n) is 7.28. The highest BCUT2D eigenvalue weighted by atomic mass is 32.2. The molecule has 3 aliphatic rings. The van der Waals surface area contributed by atoms with E-state index in [1.54, 1.807) is 0 Å². The van der Waals surface area contributed by atoms with Gasteiger partial charge in [0.05, 0.1) is 0 Å². The van der Waals surface area contributed by atoms with Gasteiger partial charge in [-0.3, -0.25) is 4.79 Å². The van der Waals surface area contributed by atoms with Crippen LogP contribution in [0, 0.1) is 5.92 Å². The molecule has 3 rings (SSSR count). The Kier molecular flexibility index (Phi) is 5.49. The number of carbonyl (C=O) groups excluding carboxylic acids is 1. The van der Waals surface area contributed by atoms with E-state index in [1.165, 1.54) is 56.5 Å². The molecule has 1 unspecified atom stereocenters. The topological polar surface area (TPSA) is 41.1 Å². The minimum atomic E-state index is 0.310. The smallest absolute Gasteiger partial charge is 0.220 e. The zero-order valence-electron chi connectivity index (χ0n) is 13.2. The number of amides is 1. The molecule has 1 atom stereocenters. The predicted molar refractivity (Wildman–Crippen MR) is 89.6 cm³/mol. The molecule has 1 aliphatic carbocycles. The first-order valence-corrected chi connectivity index (χ1v) is 10.0. The van der Waals surface area contributed by atoms with Gasteiger partial charge in [0.25, 0.3) is 0 Å². The summed E-state index contributed by atoms with van der Waals surface area (Å²) < 4.78 is 0. The van der Waals surface area contributed by atoms with Gasteiger partial charge in [0.1, 0.15) is 0 Å². The molecule has 1 spiro atoms. The fraction of sp³-hybridized carbons (Fsp3) is 0.941. The van der Waals surface area contributed by atoms with Gasteiger partial charge < -0.3 is 10.6 Å². The third-order valence-electron chi connectivity index (χ3n) is 5.62. The number of carbonyl (C=O) groups is 1. The van der Waals surface area contributed by atoms with Crippen molar-refractivity contribution in [2.75, 3.05) is 18.1 Å². The van der Waals surface area contributed by atoms with Crippen molar-refractivity contribution >= 4 is 17.7 Å². The Morgan fingerprint density at radius 3 is 2.67 bits per heavy atom. The second kappa shape index (κ2) is 7.36. The van der Waals surface area contributed by atoms with Gasteiger partial charge in [-0.25, -0.2) is 0 Å². The van der Waals surface area contributed by atoms with Gasteiger partial charge in [0.2, 0.25) is 5.91 Å². The number of hydrogen-bond donors (Lipinski definition) is 2. The summed E-state index contributed by atoms with van der Waals surface area (Å²) >= 11 is 2.04. The quantitative estimate of drug-likeness (QED) is 0.841. The highest BCUT2D eigenvalue weighted by molar-refractivity contribution is 7.99. The predicted octanol–water partition coefficient (Wildman–Crippen LogP) is 3.09. The van der Waals surface area contributed by atoms with Crippen molar-refractivity contribution in [3.05, 3.63) is 0 Å². The van der Waals surface area contributed by atoms with Gasteiger partial charge in [-0.05, 0) is 62.5 Å². The normalized spacial score (nSPS) is 30.2. The lowest BCUT2D eigenvalue weighted by Gasteiger charge is -2.44. The molecule has 0 aromatic heterocycles. The summed E-state index contributed by atoms with van der Waals surface area (Å²) in [4.78, 5) is 12.3. The van der Waals surface area contributed by atoms with Crippen LogP contribution < -0.4 is 10.6 Å². The Labute approximate surface area is 133 Å². The second-order valence-corrected chi connectivity index (χ2v) is 8.51. The lowest BCUT2D eigenvalue weighted by Crippen LogP contribution is -2.57. The van der Waals surface area contributed by atoms with E-state index in [0.717, 1.165) is 25.8 Å². The van der Waals surface area contributed by atoms with Gasteiger partial charge in [-0.15, -0.1) is 0 Å². The minimum Gasteiger partial charge on any atom is -0.353 e. The molecular formula is C17H30N2OS. The number of rotatable bonds is 3. The molecule has 2 aliphatic heterocycles. The zero-order valence-corrected chi connectivity index (χ0v) is 14.0. The van der Waals surface area contributed by atoms with Crippen molar-refractivity contribution in [1.82, 2.24) is 10.6 Å². The van der Waals surface area contributed by atoms with E-state index in [2.05, 4.69) is 10.6 Å². The van der Waals surface area contributed by atoms with Crippen molar-refractivity contribution in [1.29, 1.82) is 0 Å². The largest absolute Gasteiger partial charge is 0.353 e. The molecule has 4 heteroatoms. The van der Waals surface area contributed by atoms with Crippen LogP contribution in [-0.4, -0.2) is 35.5 Å². The van der Waals surface area contributed by atoms with Gasteiger partial charge in [0, 0.05) is 18.0 Å². The summed E-state index contributed by atoms with van der Waals surface area (Å²) in [6.45, 7) is 1.07. The van der Waals surface area contributed by atoms with E-state index >= 15 is 0 Å². The van der Waals surface area contributed by atoms with Gasteiger partial charge >= 0.3 is 0 Å². The zero-order chi connectivity index (χ0) is 14.5. The van der Waals surface area contributed by atoms with Gasteiger partial charge in [0.15, 0.2) is 0 Å². The monoisotopic (exact) mass is 310 g/mol. The maximum atomic E-state index is 12.3. The molecular weight excluding hydrogens is 280 g/mol. The molecule has 1 amide bonds. The Morgan fingerprint density at radius 1 is 1.14 bits per heavy atom. The van der Waals surface area contributed by atoms with Crippen LogP contribution in [0.5, 0.6) is 0 Å². The van der Waals surface area contributed by atoms with E-state index in [-0.39, 0.29) is 0 Å². The van der Waals surface area contributed by atoms with Crippen molar-refractivity contribution in [3.63, 3.8) is 0 Å². The van der Waals surface area contributed by atoms with Crippen LogP contribution in [0.1, 0.15) is 64.2 Å². The highest BCUT2D eigenvalue weighted by Gasteiger charge is 2.37. The lowest BCUT2D eigenvalue weighted by atomic mass is 9.75. The summed E-state index contributed by atoms with van der Waals surface area (Å²) in [6, 6.07) is 0.412. The molecule has 2 saturated heterocycles. The molecule has 0 aromatic carbocycles. The standard InChI is InChI=1S/C17H30N2OS/c20-16(12-14-5-10-21-11-6-14)19-15-4-9-18-17(13-15)7-2-1-3-8-17/h14-15,18H,1-13H2,(H,19,20). The van der Waals surface area contributed by atoms with Crippen molar-refractivity contribution < 1.29 is 4.79 Å². The Balaban J connectivity index is 1.46. The maximum absolute atomic E-state index is 12.3. The minimum absolute atomic E-state index is 0.310. The summed E-state index contributed by atoms with van der Waals surface area (Å²) in [7, 11) is 0. The number of hydrogen-bond acceptors (Lipinski definition) is 3. The van der Waals surface area contributed by atoms with E-state index in [1.807, 2.05) is 11.8 Å². The SMILES string of the molecule is O=C(CC1CCSCC1)NC1CCNC2(CCCCC2)C1. The Hall–Kier alpha value is -0.220. The fourth-order valence-corrected chi connectivity index (χ4v) is 5.59. The molecule has 2 N–H and O–H groups in total. The Morgan fingerprint density at radius 2 is 1.90 bits per heavy atom. The number of thioether (sulfide) groups is 1. The molecule has 21 heavy (non-hydrogen) atoms. The van der Waals surface area contributed by atoms with Gasteiger partial charge in [-0.2, -0.15) is 11.8 Å².